The first-order chi connectivity index (χ1) is 11.8. The van der Waals surface area contributed by atoms with E-state index in [1.165, 1.54) is 12.1 Å². The van der Waals surface area contributed by atoms with Crippen LogP contribution in [-0.2, 0) is 17.8 Å². The van der Waals surface area contributed by atoms with Crippen LogP contribution in [0.5, 0.6) is 0 Å². The molecule has 0 fully saturated rings. The SMILES string of the molecule is CC(C)c1cc(-c2ccc(F)cc2)c(CO)c(C(C)C)c1CC(=O)O. The van der Waals surface area contributed by atoms with Crippen molar-refractivity contribution in [2.24, 2.45) is 0 Å². The molecule has 0 aliphatic rings. The molecule has 0 amide bonds. The van der Waals surface area contributed by atoms with E-state index in [-0.39, 0.29) is 30.7 Å². The van der Waals surface area contributed by atoms with Crippen molar-refractivity contribution in [3.63, 3.8) is 0 Å². The molecule has 0 atom stereocenters. The Morgan fingerprint density at radius 1 is 1.04 bits per heavy atom. The van der Waals surface area contributed by atoms with Crippen LogP contribution in [-0.4, -0.2) is 16.2 Å². The summed E-state index contributed by atoms with van der Waals surface area (Å²) in [6.45, 7) is 7.86. The second-order valence-corrected chi connectivity index (χ2v) is 6.93. The summed E-state index contributed by atoms with van der Waals surface area (Å²) in [5.74, 6) is -1.000. The fourth-order valence-corrected chi connectivity index (χ4v) is 3.43. The maximum atomic E-state index is 13.3. The zero-order valence-corrected chi connectivity index (χ0v) is 15.1. The van der Waals surface area contributed by atoms with Crippen LogP contribution in [0.3, 0.4) is 0 Å². The van der Waals surface area contributed by atoms with Crippen LogP contribution >= 0.6 is 0 Å². The summed E-state index contributed by atoms with van der Waals surface area (Å²) >= 11 is 0. The van der Waals surface area contributed by atoms with Gasteiger partial charge in [0.05, 0.1) is 13.0 Å². The van der Waals surface area contributed by atoms with E-state index in [9.17, 15) is 19.4 Å². The Bertz CT molecular complexity index is 762. The first-order valence-corrected chi connectivity index (χ1v) is 8.53. The van der Waals surface area contributed by atoms with Gasteiger partial charge >= 0.3 is 5.97 Å². The second-order valence-electron chi connectivity index (χ2n) is 6.93. The van der Waals surface area contributed by atoms with E-state index >= 15 is 0 Å². The van der Waals surface area contributed by atoms with Crippen molar-refractivity contribution in [3.8, 4) is 11.1 Å². The van der Waals surface area contributed by atoms with Crippen molar-refractivity contribution < 1.29 is 19.4 Å². The Kier molecular flexibility index (Phi) is 5.96. The quantitative estimate of drug-likeness (QED) is 0.787. The lowest BCUT2D eigenvalue weighted by atomic mass is 9.80. The third kappa shape index (κ3) is 4.07. The highest BCUT2D eigenvalue weighted by atomic mass is 19.1. The number of aliphatic carboxylic acids is 1. The number of carboxylic acid groups (broad SMARTS) is 1. The van der Waals surface area contributed by atoms with Crippen LogP contribution in [0.2, 0.25) is 0 Å². The highest BCUT2D eigenvalue weighted by Crippen LogP contribution is 2.38. The number of carboxylic acids is 1. The maximum absolute atomic E-state index is 13.3. The lowest BCUT2D eigenvalue weighted by Crippen LogP contribution is -2.13. The molecule has 4 heteroatoms. The standard InChI is InChI=1S/C21H25FO3/c1-12(2)16-9-17(14-5-7-15(22)8-6-14)19(11-23)21(13(3)4)18(16)10-20(24)25/h5-9,12-13,23H,10-11H2,1-4H3,(H,24,25). The summed E-state index contributed by atoms with van der Waals surface area (Å²) in [5.41, 5.74) is 5.01. The van der Waals surface area contributed by atoms with Crippen LogP contribution in [0.1, 0.15) is 61.8 Å². The molecule has 0 saturated carbocycles. The first-order valence-electron chi connectivity index (χ1n) is 8.53. The summed E-state index contributed by atoms with van der Waals surface area (Å²) in [6.07, 6.45) is -0.0717. The van der Waals surface area contributed by atoms with Crippen molar-refractivity contribution in [1.29, 1.82) is 0 Å². The van der Waals surface area contributed by atoms with Gasteiger partial charge in [-0.25, -0.2) is 4.39 Å². The zero-order valence-electron chi connectivity index (χ0n) is 15.1. The molecule has 2 aromatic rings. The van der Waals surface area contributed by atoms with E-state index in [0.29, 0.717) is 0 Å². The van der Waals surface area contributed by atoms with Crippen molar-refractivity contribution in [1.82, 2.24) is 0 Å². The number of aliphatic hydroxyl groups is 1. The number of aliphatic hydroxyl groups excluding tert-OH is 1. The molecule has 0 radical (unpaired) electrons. The van der Waals surface area contributed by atoms with Crippen molar-refractivity contribution in [2.45, 2.75) is 52.6 Å². The number of hydrogen-bond acceptors (Lipinski definition) is 2. The molecule has 2 rings (SSSR count). The molecule has 0 unspecified atom stereocenters. The van der Waals surface area contributed by atoms with Crippen molar-refractivity contribution in [2.75, 3.05) is 0 Å². The van der Waals surface area contributed by atoms with E-state index in [4.69, 9.17) is 0 Å². The minimum atomic E-state index is -0.887. The molecule has 2 aromatic carbocycles. The normalized spacial score (nSPS) is 11.4. The number of halogens is 1. The van der Waals surface area contributed by atoms with Gasteiger partial charge < -0.3 is 10.2 Å². The largest absolute Gasteiger partial charge is 0.481 e. The topological polar surface area (TPSA) is 57.5 Å². The fourth-order valence-electron chi connectivity index (χ4n) is 3.43. The molecule has 0 spiro atoms. The highest BCUT2D eigenvalue weighted by Gasteiger charge is 2.23. The van der Waals surface area contributed by atoms with Crippen LogP contribution in [0, 0.1) is 5.82 Å². The van der Waals surface area contributed by atoms with Gasteiger partial charge in [-0.15, -0.1) is 0 Å². The summed E-state index contributed by atoms with van der Waals surface area (Å²) in [7, 11) is 0. The Morgan fingerprint density at radius 2 is 1.64 bits per heavy atom. The van der Waals surface area contributed by atoms with E-state index in [1.54, 1.807) is 12.1 Å². The molecule has 0 bridgehead atoms. The van der Waals surface area contributed by atoms with E-state index < -0.39 is 5.97 Å². The van der Waals surface area contributed by atoms with E-state index in [1.807, 2.05) is 33.8 Å². The number of carbonyl (C=O) groups is 1. The minimum Gasteiger partial charge on any atom is -0.481 e. The average Bonchev–Trinajstić information content (AvgIpc) is 2.53. The summed E-state index contributed by atoms with van der Waals surface area (Å²) in [6, 6.07) is 8.12. The van der Waals surface area contributed by atoms with Crippen LogP contribution in [0.15, 0.2) is 30.3 Å². The Labute approximate surface area is 148 Å². The lowest BCUT2D eigenvalue weighted by molar-refractivity contribution is -0.136. The van der Waals surface area contributed by atoms with Gasteiger partial charge in [0.2, 0.25) is 0 Å². The Morgan fingerprint density at radius 3 is 2.08 bits per heavy atom. The van der Waals surface area contributed by atoms with Gasteiger partial charge in [0.1, 0.15) is 5.82 Å². The predicted molar refractivity (Wildman–Crippen MR) is 97.3 cm³/mol. The monoisotopic (exact) mass is 344 g/mol. The summed E-state index contributed by atoms with van der Waals surface area (Å²) in [5, 5.41) is 19.4. The molecule has 0 aliphatic heterocycles. The van der Waals surface area contributed by atoms with Crippen LogP contribution < -0.4 is 0 Å². The lowest BCUT2D eigenvalue weighted by Gasteiger charge is -2.25. The third-order valence-corrected chi connectivity index (χ3v) is 4.46. The first kappa shape index (κ1) is 19.1. The average molecular weight is 344 g/mol. The Balaban J connectivity index is 2.84. The molecule has 0 saturated heterocycles. The van der Waals surface area contributed by atoms with Gasteiger partial charge in [-0.2, -0.15) is 0 Å². The number of benzene rings is 2. The van der Waals surface area contributed by atoms with Crippen LogP contribution in [0.25, 0.3) is 11.1 Å². The fraction of sp³-hybridized carbons (Fsp3) is 0.381. The summed E-state index contributed by atoms with van der Waals surface area (Å²) in [4.78, 5) is 11.4. The van der Waals surface area contributed by atoms with Crippen molar-refractivity contribution in [3.05, 3.63) is 58.4 Å². The van der Waals surface area contributed by atoms with Gasteiger partial charge in [0, 0.05) is 0 Å². The van der Waals surface area contributed by atoms with E-state index in [0.717, 1.165) is 33.4 Å². The summed E-state index contributed by atoms with van der Waals surface area (Å²) < 4.78 is 13.3. The van der Waals surface area contributed by atoms with Crippen LogP contribution in [0.4, 0.5) is 4.39 Å². The van der Waals surface area contributed by atoms with Gasteiger partial charge in [-0.05, 0) is 57.3 Å². The zero-order chi connectivity index (χ0) is 18.7. The second kappa shape index (κ2) is 7.79. The van der Waals surface area contributed by atoms with Gasteiger partial charge in [0.15, 0.2) is 0 Å². The smallest absolute Gasteiger partial charge is 0.307 e. The molecule has 0 heterocycles. The van der Waals surface area contributed by atoms with Gasteiger partial charge in [-0.3, -0.25) is 4.79 Å². The molecule has 2 N–H and O–H groups in total. The molecular weight excluding hydrogens is 319 g/mol. The number of rotatable bonds is 6. The molecule has 134 valence electrons. The molecule has 3 nitrogen and oxygen atoms in total. The number of hydrogen-bond donors (Lipinski definition) is 2. The third-order valence-electron chi connectivity index (χ3n) is 4.46. The minimum absolute atomic E-state index is 0.0643. The highest BCUT2D eigenvalue weighted by molar-refractivity contribution is 5.76. The molecular formula is C21H25FO3. The van der Waals surface area contributed by atoms with Crippen molar-refractivity contribution >= 4 is 5.97 Å². The van der Waals surface area contributed by atoms with Gasteiger partial charge in [0.25, 0.3) is 0 Å². The molecule has 0 aromatic heterocycles. The predicted octanol–water partition coefficient (Wildman–Crippen LogP) is 4.86. The van der Waals surface area contributed by atoms with Gasteiger partial charge in [-0.1, -0.05) is 45.9 Å². The maximum Gasteiger partial charge on any atom is 0.307 e. The molecule has 0 aliphatic carbocycles. The Hall–Kier alpha value is -2.20. The molecule has 25 heavy (non-hydrogen) atoms. The van der Waals surface area contributed by atoms with E-state index in [2.05, 4.69) is 0 Å².